The molecule has 0 aromatic rings. The topological polar surface area (TPSA) is 80.9 Å². The Morgan fingerprint density at radius 1 is 0.714 bits per heavy atom. The summed E-state index contributed by atoms with van der Waals surface area (Å²) in [7, 11) is -4.61. The molecule has 0 aliphatic heterocycles. The molecule has 0 saturated carbocycles. The average Bonchev–Trinajstić information content (AvgIpc) is 0.722. The summed E-state index contributed by atoms with van der Waals surface area (Å²) < 4.78 is 0. The predicted octanol–water partition coefficient (Wildman–Crippen LogP) is -3.37. The molecular formula is H4As2O4Si+6. The largest absolute Gasteiger partial charge is 3.00 e. The molecular weight excluding hydrogens is 242 g/mol. The first-order valence-electron chi connectivity index (χ1n) is 0.894. The summed E-state index contributed by atoms with van der Waals surface area (Å²) in [5, 5.41) is 0. The summed E-state index contributed by atoms with van der Waals surface area (Å²) in [6.07, 6.45) is 0. The third-order valence-electron chi connectivity index (χ3n) is 0. The van der Waals surface area contributed by atoms with Gasteiger partial charge in [0.05, 0.1) is 0 Å². The molecule has 0 atom stereocenters. The van der Waals surface area contributed by atoms with Gasteiger partial charge in [0.15, 0.2) is 0 Å². The van der Waals surface area contributed by atoms with Crippen LogP contribution in [-0.2, 0) is 0 Å². The van der Waals surface area contributed by atoms with E-state index in [2.05, 4.69) is 0 Å². The molecule has 0 bridgehead atoms. The van der Waals surface area contributed by atoms with E-state index in [4.69, 9.17) is 19.2 Å². The van der Waals surface area contributed by atoms with Crippen LogP contribution in [0.15, 0.2) is 0 Å². The van der Waals surface area contributed by atoms with Gasteiger partial charge < -0.3 is 19.2 Å². The zero-order valence-electron chi connectivity index (χ0n) is 3.18. The summed E-state index contributed by atoms with van der Waals surface area (Å²) in [6.45, 7) is 0. The molecule has 0 amide bonds. The zero-order valence-corrected chi connectivity index (χ0v) is 7.94. The number of rotatable bonds is 0. The fourth-order valence-corrected chi connectivity index (χ4v) is 0. The van der Waals surface area contributed by atoms with Gasteiger partial charge in [-0.3, -0.25) is 0 Å². The van der Waals surface area contributed by atoms with Gasteiger partial charge in [0.25, 0.3) is 0 Å². The number of hydrogen-bond acceptors (Lipinski definition) is 4. The van der Waals surface area contributed by atoms with Gasteiger partial charge in [0.2, 0.25) is 0 Å². The first-order chi connectivity index (χ1) is 2.00. The van der Waals surface area contributed by atoms with E-state index in [1.807, 2.05) is 0 Å². The monoisotopic (exact) mass is 246 g/mol. The van der Waals surface area contributed by atoms with Gasteiger partial charge in [-0.1, -0.05) is 0 Å². The number of hydrogen-bond donors (Lipinski definition) is 4. The van der Waals surface area contributed by atoms with Gasteiger partial charge in [-0.25, -0.2) is 0 Å². The molecule has 36 valence electrons. The van der Waals surface area contributed by atoms with Gasteiger partial charge in [-0.2, -0.15) is 0 Å². The molecule has 4 radical (unpaired) electrons. The molecule has 0 aliphatic carbocycles. The zero-order chi connectivity index (χ0) is 4.50. The van der Waals surface area contributed by atoms with E-state index in [1.54, 1.807) is 0 Å². The van der Waals surface area contributed by atoms with Crippen molar-refractivity contribution in [3.8, 4) is 0 Å². The van der Waals surface area contributed by atoms with E-state index >= 15 is 0 Å². The second-order valence-electron chi connectivity index (χ2n) is 0.600. The maximum Gasteiger partial charge on any atom is 3.00 e. The minimum atomic E-state index is -4.61. The molecule has 7 heavy (non-hydrogen) atoms. The van der Waals surface area contributed by atoms with Crippen LogP contribution in [0.4, 0.5) is 0 Å². The maximum absolute atomic E-state index is 7.33. The van der Waals surface area contributed by atoms with Crippen molar-refractivity contribution in [2.75, 3.05) is 0 Å². The Labute approximate surface area is 64.3 Å². The van der Waals surface area contributed by atoms with Crippen LogP contribution in [0.2, 0.25) is 0 Å². The van der Waals surface area contributed by atoms with Crippen molar-refractivity contribution in [3.63, 3.8) is 0 Å². The van der Waals surface area contributed by atoms with Crippen LogP contribution in [0.3, 0.4) is 0 Å². The van der Waals surface area contributed by atoms with Crippen LogP contribution in [-0.4, -0.2) is 64.1 Å². The van der Waals surface area contributed by atoms with E-state index in [0.29, 0.717) is 0 Å². The van der Waals surface area contributed by atoms with Gasteiger partial charge >= 0.3 is 45.0 Å². The van der Waals surface area contributed by atoms with E-state index in [-0.39, 0.29) is 35.9 Å². The Morgan fingerprint density at radius 3 is 0.714 bits per heavy atom. The van der Waals surface area contributed by atoms with Crippen molar-refractivity contribution < 1.29 is 19.2 Å². The molecule has 0 aliphatic rings. The molecule has 7 heteroatoms. The predicted molar refractivity (Wildman–Crippen MR) is 26.1 cm³/mol. The van der Waals surface area contributed by atoms with E-state index < -0.39 is 9.05 Å². The molecule has 4 nitrogen and oxygen atoms in total. The van der Waals surface area contributed by atoms with Crippen molar-refractivity contribution in [2.24, 2.45) is 0 Å². The Balaban J connectivity index is -0.0000000800. The van der Waals surface area contributed by atoms with Crippen molar-refractivity contribution in [1.29, 1.82) is 0 Å². The van der Waals surface area contributed by atoms with Crippen LogP contribution >= 0.6 is 0 Å². The van der Waals surface area contributed by atoms with Gasteiger partial charge in [-0.05, 0) is 0 Å². The van der Waals surface area contributed by atoms with Crippen LogP contribution < -0.4 is 0 Å². The molecule has 0 aromatic heterocycles. The molecule has 0 rings (SSSR count). The normalized spacial score (nSPS) is 8.57. The minimum Gasteiger partial charge on any atom is -0.368 e. The Bertz CT molecular complexity index is 25.2. The van der Waals surface area contributed by atoms with Gasteiger partial charge in [-0.15, -0.1) is 0 Å². The van der Waals surface area contributed by atoms with Crippen molar-refractivity contribution in [2.45, 2.75) is 0 Å². The standard InChI is InChI=1S/2As.H4O4Si/c;;1-5(2,3)4/h;;1-4H/q2*+3;. The molecule has 0 heterocycles. The third kappa shape index (κ3) is 139. The first-order valence-corrected chi connectivity index (χ1v) is 2.68. The summed E-state index contributed by atoms with van der Waals surface area (Å²) >= 11 is 0. The second kappa shape index (κ2) is 5.31. The molecule has 4 N–H and O–H groups in total. The summed E-state index contributed by atoms with van der Waals surface area (Å²) in [6, 6.07) is 0. The Hall–Kier alpha value is 1.17. The van der Waals surface area contributed by atoms with Gasteiger partial charge in [0.1, 0.15) is 0 Å². The van der Waals surface area contributed by atoms with Crippen LogP contribution in [0.25, 0.3) is 0 Å². The minimum absolute atomic E-state index is 0. The maximum atomic E-state index is 7.33. The molecule has 0 aromatic carbocycles. The fourth-order valence-electron chi connectivity index (χ4n) is 0. The second-order valence-corrected chi connectivity index (χ2v) is 1.80. The molecule has 0 saturated heterocycles. The van der Waals surface area contributed by atoms with Crippen LogP contribution in [0, 0.1) is 0 Å². The Kier molecular flexibility index (Phi) is 11.9. The first kappa shape index (κ1) is 15.7. The van der Waals surface area contributed by atoms with E-state index in [9.17, 15) is 0 Å². The summed E-state index contributed by atoms with van der Waals surface area (Å²) in [5.41, 5.74) is 0. The van der Waals surface area contributed by atoms with Crippen molar-refractivity contribution in [3.05, 3.63) is 0 Å². The van der Waals surface area contributed by atoms with Crippen LogP contribution in [0.5, 0.6) is 0 Å². The third-order valence-corrected chi connectivity index (χ3v) is 0. The van der Waals surface area contributed by atoms with E-state index in [1.165, 1.54) is 0 Å². The van der Waals surface area contributed by atoms with Gasteiger partial charge in [0, 0.05) is 0 Å². The quantitative estimate of drug-likeness (QED) is 0.336. The van der Waals surface area contributed by atoms with Crippen molar-refractivity contribution >= 4 is 45.0 Å². The van der Waals surface area contributed by atoms with E-state index in [0.717, 1.165) is 0 Å². The summed E-state index contributed by atoms with van der Waals surface area (Å²) in [4.78, 5) is 29.3. The molecule has 0 spiro atoms. The molecule has 0 unspecified atom stereocenters. The fraction of sp³-hybridized carbons (Fsp3) is 0. The van der Waals surface area contributed by atoms with Crippen LogP contribution in [0.1, 0.15) is 0 Å². The van der Waals surface area contributed by atoms with Crippen molar-refractivity contribution in [1.82, 2.24) is 0 Å². The Morgan fingerprint density at radius 2 is 0.714 bits per heavy atom. The smallest absolute Gasteiger partial charge is 0.368 e. The molecule has 0 fully saturated rings. The average molecular weight is 246 g/mol. The summed E-state index contributed by atoms with van der Waals surface area (Å²) in [5.74, 6) is 0. The SMILES string of the molecule is O[Si](O)(O)O.[As+3].[As+3].